The van der Waals surface area contributed by atoms with Crippen LogP contribution in [0.1, 0.15) is 13.8 Å². The van der Waals surface area contributed by atoms with E-state index in [1.54, 1.807) is 23.1 Å². The average Bonchev–Trinajstić information content (AvgIpc) is 2.21. The van der Waals surface area contributed by atoms with E-state index in [4.69, 9.17) is 4.74 Å². The van der Waals surface area contributed by atoms with Crippen LogP contribution in [0.4, 0.5) is 4.79 Å². The first-order valence-electron chi connectivity index (χ1n) is 4.71. The second kappa shape index (κ2) is 5.27. The molecule has 0 unspecified atom stereocenters. The first-order chi connectivity index (χ1) is 6.77. The van der Waals surface area contributed by atoms with Gasteiger partial charge in [-0.25, -0.2) is 4.79 Å². The van der Waals surface area contributed by atoms with Crippen molar-refractivity contribution in [1.82, 2.24) is 4.90 Å². The van der Waals surface area contributed by atoms with Crippen LogP contribution in [0.5, 0.6) is 5.75 Å². The van der Waals surface area contributed by atoms with Crippen molar-refractivity contribution in [2.75, 3.05) is 13.1 Å². The molecule has 3 heteroatoms. The maximum absolute atomic E-state index is 11.5. The van der Waals surface area contributed by atoms with Crippen LogP contribution >= 0.6 is 0 Å². The van der Waals surface area contributed by atoms with Gasteiger partial charge in [0.25, 0.3) is 0 Å². The second-order valence-electron chi connectivity index (χ2n) is 2.77. The molecular formula is C11H14NO2. The highest BCUT2D eigenvalue weighted by molar-refractivity contribution is 5.70. The number of hydrogen-bond donors (Lipinski definition) is 0. The van der Waals surface area contributed by atoms with Gasteiger partial charge in [-0.15, -0.1) is 0 Å². The minimum atomic E-state index is -0.322. The quantitative estimate of drug-likeness (QED) is 0.735. The molecule has 0 bridgehead atoms. The average molecular weight is 192 g/mol. The highest BCUT2D eigenvalue weighted by Gasteiger charge is 2.10. The molecule has 0 aliphatic heterocycles. The highest BCUT2D eigenvalue weighted by Crippen LogP contribution is 2.08. The third kappa shape index (κ3) is 2.76. The maximum Gasteiger partial charge on any atom is 0.415 e. The summed E-state index contributed by atoms with van der Waals surface area (Å²) < 4.78 is 5.09. The lowest BCUT2D eigenvalue weighted by atomic mass is 10.3. The normalized spacial score (nSPS) is 9.57. The molecule has 75 valence electrons. The fourth-order valence-electron chi connectivity index (χ4n) is 1.08. The molecule has 0 saturated carbocycles. The molecule has 0 aromatic heterocycles. The molecule has 0 aliphatic rings. The Hall–Kier alpha value is -1.51. The fraction of sp³-hybridized carbons (Fsp3) is 0.364. The third-order valence-corrected chi connectivity index (χ3v) is 1.90. The Morgan fingerprint density at radius 1 is 1.43 bits per heavy atom. The van der Waals surface area contributed by atoms with E-state index in [1.807, 2.05) is 19.9 Å². The maximum atomic E-state index is 11.5. The Kier molecular flexibility index (Phi) is 3.98. The summed E-state index contributed by atoms with van der Waals surface area (Å²) in [6.45, 7) is 5.14. The van der Waals surface area contributed by atoms with Gasteiger partial charge in [0.2, 0.25) is 0 Å². The van der Waals surface area contributed by atoms with Crippen molar-refractivity contribution in [1.29, 1.82) is 0 Å². The zero-order valence-electron chi connectivity index (χ0n) is 8.49. The molecule has 0 aliphatic carbocycles. The molecule has 1 aromatic rings. The van der Waals surface area contributed by atoms with Crippen molar-refractivity contribution in [2.24, 2.45) is 0 Å². The van der Waals surface area contributed by atoms with Gasteiger partial charge in [-0.1, -0.05) is 18.2 Å². The van der Waals surface area contributed by atoms with Gasteiger partial charge in [0.05, 0.1) is 0 Å². The number of carbonyl (C=O) groups is 1. The van der Waals surface area contributed by atoms with E-state index in [0.29, 0.717) is 18.8 Å². The number of ether oxygens (including phenoxy) is 1. The van der Waals surface area contributed by atoms with E-state index in [9.17, 15) is 4.79 Å². The number of hydrogen-bond acceptors (Lipinski definition) is 2. The van der Waals surface area contributed by atoms with Crippen molar-refractivity contribution in [3.05, 3.63) is 30.3 Å². The van der Waals surface area contributed by atoms with Crippen molar-refractivity contribution in [3.63, 3.8) is 0 Å². The van der Waals surface area contributed by atoms with Gasteiger partial charge >= 0.3 is 6.09 Å². The molecule has 0 heterocycles. The molecule has 1 aromatic carbocycles. The van der Waals surface area contributed by atoms with Crippen LogP contribution in [0.15, 0.2) is 24.3 Å². The van der Waals surface area contributed by atoms with Crippen LogP contribution in [-0.4, -0.2) is 24.1 Å². The van der Waals surface area contributed by atoms with Crippen molar-refractivity contribution < 1.29 is 9.53 Å². The Morgan fingerprint density at radius 3 is 2.64 bits per heavy atom. The van der Waals surface area contributed by atoms with Gasteiger partial charge < -0.3 is 9.64 Å². The predicted molar refractivity (Wildman–Crippen MR) is 54.2 cm³/mol. The summed E-state index contributed by atoms with van der Waals surface area (Å²) in [5.74, 6) is 0.462. The van der Waals surface area contributed by atoms with Gasteiger partial charge in [0.1, 0.15) is 5.75 Å². The smallest absolute Gasteiger partial charge is 0.410 e. The standard InChI is InChI=1S/C11H14NO2/c1-3-12(4-2)11(13)14-10-8-6-5-7-9-10/h5-8H,3-4H2,1-2H3. The molecule has 0 atom stereocenters. The van der Waals surface area contributed by atoms with Crippen LogP contribution in [0.3, 0.4) is 0 Å². The van der Waals surface area contributed by atoms with E-state index in [0.717, 1.165) is 0 Å². The van der Waals surface area contributed by atoms with E-state index < -0.39 is 0 Å². The lowest BCUT2D eigenvalue weighted by molar-refractivity contribution is 0.157. The third-order valence-electron chi connectivity index (χ3n) is 1.90. The Bertz CT molecular complexity index is 281. The lowest BCUT2D eigenvalue weighted by Crippen LogP contribution is -2.33. The number of carbonyl (C=O) groups excluding carboxylic acids is 1. The Labute approximate surface area is 84.3 Å². The first-order valence-corrected chi connectivity index (χ1v) is 4.71. The zero-order chi connectivity index (χ0) is 10.4. The molecule has 14 heavy (non-hydrogen) atoms. The zero-order valence-corrected chi connectivity index (χ0v) is 8.49. The largest absolute Gasteiger partial charge is 0.415 e. The summed E-state index contributed by atoms with van der Waals surface area (Å²) in [5, 5.41) is 0. The van der Waals surface area contributed by atoms with E-state index in [-0.39, 0.29) is 6.09 Å². The van der Waals surface area contributed by atoms with Crippen molar-refractivity contribution in [3.8, 4) is 5.75 Å². The van der Waals surface area contributed by atoms with Crippen molar-refractivity contribution in [2.45, 2.75) is 13.8 Å². The summed E-state index contributed by atoms with van der Waals surface area (Å²) in [7, 11) is 0. The molecule has 0 saturated heterocycles. The summed E-state index contributed by atoms with van der Waals surface area (Å²) in [5.41, 5.74) is 0. The van der Waals surface area contributed by atoms with Gasteiger partial charge in [0.15, 0.2) is 0 Å². The first kappa shape index (κ1) is 10.6. The molecule has 0 spiro atoms. The second-order valence-corrected chi connectivity index (χ2v) is 2.77. The van der Waals surface area contributed by atoms with E-state index >= 15 is 0 Å². The van der Waals surface area contributed by atoms with Crippen molar-refractivity contribution >= 4 is 6.09 Å². The fourth-order valence-corrected chi connectivity index (χ4v) is 1.08. The summed E-state index contributed by atoms with van der Waals surface area (Å²) >= 11 is 0. The summed E-state index contributed by atoms with van der Waals surface area (Å²) in [6.07, 6.45) is -0.322. The number of para-hydroxylation sites is 1. The predicted octanol–water partition coefficient (Wildman–Crippen LogP) is 2.33. The molecule has 0 N–H and O–H groups in total. The van der Waals surface area contributed by atoms with Gasteiger partial charge in [0, 0.05) is 19.2 Å². The molecular weight excluding hydrogens is 178 g/mol. The minimum Gasteiger partial charge on any atom is -0.410 e. The highest BCUT2D eigenvalue weighted by atomic mass is 16.6. The monoisotopic (exact) mass is 192 g/mol. The van der Waals surface area contributed by atoms with E-state index in [1.165, 1.54) is 0 Å². The topological polar surface area (TPSA) is 29.5 Å². The van der Waals surface area contributed by atoms with Crippen LogP contribution in [0, 0.1) is 6.07 Å². The van der Waals surface area contributed by atoms with Crippen LogP contribution in [0.25, 0.3) is 0 Å². The number of nitrogens with zero attached hydrogens (tertiary/aromatic N) is 1. The summed E-state index contributed by atoms with van der Waals surface area (Å²) in [6, 6.07) is 9.89. The van der Waals surface area contributed by atoms with E-state index in [2.05, 4.69) is 6.07 Å². The van der Waals surface area contributed by atoms with Gasteiger partial charge in [-0.2, -0.15) is 0 Å². The molecule has 1 radical (unpaired) electrons. The summed E-state index contributed by atoms with van der Waals surface area (Å²) in [4.78, 5) is 13.1. The minimum absolute atomic E-state index is 0.322. The van der Waals surface area contributed by atoms with Crippen LogP contribution in [-0.2, 0) is 0 Å². The SMILES string of the molecule is CCN(CC)C(=O)Oc1[c]cccc1. The molecule has 0 fully saturated rings. The van der Waals surface area contributed by atoms with Gasteiger partial charge in [-0.3, -0.25) is 0 Å². The number of amides is 1. The van der Waals surface area contributed by atoms with Crippen LogP contribution < -0.4 is 4.74 Å². The van der Waals surface area contributed by atoms with Gasteiger partial charge in [-0.05, 0) is 19.9 Å². The molecule has 3 nitrogen and oxygen atoms in total. The molecule has 1 rings (SSSR count). The Balaban J connectivity index is 2.57. The lowest BCUT2D eigenvalue weighted by Gasteiger charge is -2.17. The Morgan fingerprint density at radius 2 is 2.14 bits per heavy atom. The number of rotatable bonds is 3. The molecule has 1 amide bonds. The number of benzene rings is 1. The van der Waals surface area contributed by atoms with Crippen LogP contribution in [0.2, 0.25) is 0 Å².